The molecule has 0 spiro atoms. The lowest BCUT2D eigenvalue weighted by Gasteiger charge is -2.63. The molecule has 5 rings (SSSR count). The molecule has 4 saturated carbocycles. The van der Waals surface area contributed by atoms with Crippen molar-refractivity contribution in [2.75, 3.05) is 13.2 Å². The molecule has 0 radical (unpaired) electrons. The smallest absolute Gasteiger partial charge is 0.220 e. The number of aliphatic hydroxyl groups excluding tert-OH is 2. The van der Waals surface area contributed by atoms with E-state index in [1.807, 2.05) is 6.07 Å². The van der Waals surface area contributed by atoms with Crippen molar-refractivity contribution in [1.82, 2.24) is 5.32 Å². The van der Waals surface area contributed by atoms with Gasteiger partial charge in [0.15, 0.2) is 0 Å². The van der Waals surface area contributed by atoms with Crippen LogP contribution >= 0.6 is 0 Å². The fourth-order valence-corrected chi connectivity index (χ4v) is 6.10. The van der Waals surface area contributed by atoms with Crippen LogP contribution in [-0.4, -0.2) is 35.4 Å². The quantitative estimate of drug-likeness (QED) is 0.772. The third-order valence-corrected chi connectivity index (χ3v) is 6.97. The Hall–Kier alpha value is -1.39. The minimum absolute atomic E-state index is 0.0206. The largest absolute Gasteiger partial charge is 0.395 e. The average Bonchev–Trinajstić information content (AvgIpc) is 2.59. The summed E-state index contributed by atoms with van der Waals surface area (Å²) in [5, 5.41) is 22.3. The molecule has 0 heterocycles. The first-order valence-corrected chi connectivity index (χ1v) is 9.26. The Morgan fingerprint density at radius 2 is 1.67 bits per heavy atom. The highest BCUT2D eigenvalue weighted by atomic mass is 16.3. The highest BCUT2D eigenvalue weighted by Gasteiger charge is 2.60. The van der Waals surface area contributed by atoms with E-state index in [0.717, 1.165) is 25.7 Å². The Morgan fingerprint density at radius 1 is 1.08 bits per heavy atom. The molecule has 0 saturated heterocycles. The first-order chi connectivity index (χ1) is 11.6. The molecular formula is C20H27NO3. The zero-order valence-corrected chi connectivity index (χ0v) is 14.0. The van der Waals surface area contributed by atoms with Crippen molar-refractivity contribution in [3.05, 3.63) is 35.9 Å². The summed E-state index contributed by atoms with van der Waals surface area (Å²) in [7, 11) is 0. The van der Waals surface area contributed by atoms with E-state index in [9.17, 15) is 9.90 Å². The van der Waals surface area contributed by atoms with Gasteiger partial charge in [-0.3, -0.25) is 4.79 Å². The molecule has 1 aromatic rings. The van der Waals surface area contributed by atoms with Crippen LogP contribution in [0.15, 0.2) is 30.3 Å². The third kappa shape index (κ3) is 2.39. The van der Waals surface area contributed by atoms with Crippen LogP contribution in [0, 0.1) is 23.7 Å². The maximum atomic E-state index is 12.6. The van der Waals surface area contributed by atoms with Crippen molar-refractivity contribution in [1.29, 1.82) is 0 Å². The zero-order valence-electron chi connectivity index (χ0n) is 14.0. The van der Waals surface area contributed by atoms with Gasteiger partial charge in [0, 0.05) is 18.4 Å². The number of hydrogen-bond donors (Lipinski definition) is 3. The number of carbonyl (C=O) groups excluding carboxylic acids is 1. The van der Waals surface area contributed by atoms with Gasteiger partial charge in [-0.05, 0) is 54.9 Å². The summed E-state index contributed by atoms with van der Waals surface area (Å²) in [6.07, 6.45) is 4.52. The normalized spacial score (nSPS) is 39.8. The third-order valence-electron chi connectivity index (χ3n) is 6.97. The van der Waals surface area contributed by atoms with E-state index >= 15 is 0 Å². The maximum absolute atomic E-state index is 12.6. The van der Waals surface area contributed by atoms with Gasteiger partial charge in [-0.15, -0.1) is 0 Å². The summed E-state index contributed by atoms with van der Waals surface area (Å²) < 4.78 is 0. The Morgan fingerprint density at radius 3 is 2.21 bits per heavy atom. The van der Waals surface area contributed by atoms with Crippen LogP contribution in [0.1, 0.15) is 37.7 Å². The molecule has 130 valence electrons. The molecule has 4 fully saturated rings. The molecule has 24 heavy (non-hydrogen) atoms. The van der Waals surface area contributed by atoms with Crippen LogP contribution < -0.4 is 5.32 Å². The molecule has 4 heteroatoms. The molecule has 4 nitrogen and oxygen atoms in total. The second-order valence-electron chi connectivity index (χ2n) is 8.00. The summed E-state index contributed by atoms with van der Waals surface area (Å²) in [6.45, 7) is 0.302. The summed E-state index contributed by atoms with van der Waals surface area (Å²) in [4.78, 5) is 12.6. The monoisotopic (exact) mass is 329 g/mol. The SMILES string of the molecule is O=C(CC1(c2ccccc2)C2CC3CC1CC(C2)C3O)NCCO. The zero-order chi connectivity index (χ0) is 16.7. The minimum atomic E-state index is -0.130. The molecule has 4 aliphatic rings. The van der Waals surface area contributed by atoms with Crippen LogP contribution in [0.5, 0.6) is 0 Å². The Bertz CT molecular complexity index is 570. The van der Waals surface area contributed by atoms with Crippen molar-refractivity contribution < 1.29 is 15.0 Å². The predicted molar refractivity (Wildman–Crippen MR) is 91.3 cm³/mol. The lowest BCUT2D eigenvalue weighted by molar-refractivity contribution is -0.147. The van der Waals surface area contributed by atoms with E-state index in [1.165, 1.54) is 5.56 Å². The van der Waals surface area contributed by atoms with E-state index in [-0.39, 0.29) is 24.0 Å². The standard InChI is InChI=1S/C20H27NO3/c22-7-6-21-18(23)12-20(15-4-2-1-3-5-15)16-8-13-9-17(20)11-14(10-16)19(13)24/h1-5,13-14,16-17,19,22,24H,6-12H2,(H,21,23). The number of aliphatic hydroxyl groups is 2. The van der Waals surface area contributed by atoms with Gasteiger partial charge in [0.1, 0.15) is 0 Å². The molecule has 3 N–H and O–H groups in total. The highest BCUT2D eigenvalue weighted by molar-refractivity contribution is 5.78. The van der Waals surface area contributed by atoms with Crippen LogP contribution in [0.2, 0.25) is 0 Å². The molecule has 0 aliphatic heterocycles. The van der Waals surface area contributed by atoms with Gasteiger partial charge in [0.2, 0.25) is 5.91 Å². The molecule has 0 atom stereocenters. The summed E-state index contributed by atoms with van der Waals surface area (Å²) in [5.41, 5.74) is 1.18. The number of carbonyl (C=O) groups is 1. The summed E-state index contributed by atoms with van der Waals surface area (Å²) in [6, 6.07) is 10.5. The molecule has 4 bridgehead atoms. The average molecular weight is 329 g/mol. The fourth-order valence-electron chi connectivity index (χ4n) is 6.10. The lowest BCUT2D eigenvalue weighted by Crippen LogP contribution is -2.61. The summed E-state index contributed by atoms with van der Waals surface area (Å²) >= 11 is 0. The maximum Gasteiger partial charge on any atom is 0.220 e. The van der Waals surface area contributed by atoms with Crippen molar-refractivity contribution in [2.45, 2.75) is 43.6 Å². The number of nitrogens with one attached hydrogen (secondary N) is 1. The van der Waals surface area contributed by atoms with Crippen molar-refractivity contribution in [3.63, 3.8) is 0 Å². The van der Waals surface area contributed by atoms with Crippen LogP contribution in [0.3, 0.4) is 0 Å². The summed E-state index contributed by atoms with van der Waals surface area (Å²) in [5.74, 6) is 1.84. The van der Waals surface area contributed by atoms with Gasteiger partial charge in [0.05, 0.1) is 12.7 Å². The van der Waals surface area contributed by atoms with Gasteiger partial charge < -0.3 is 15.5 Å². The Balaban J connectivity index is 1.69. The van der Waals surface area contributed by atoms with E-state index in [1.54, 1.807) is 0 Å². The first-order valence-electron chi connectivity index (χ1n) is 9.26. The first kappa shape index (κ1) is 16.1. The molecule has 1 aromatic carbocycles. The van der Waals surface area contributed by atoms with E-state index < -0.39 is 0 Å². The Labute approximate surface area is 143 Å². The minimum Gasteiger partial charge on any atom is -0.395 e. The van der Waals surface area contributed by atoms with Gasteiger partial charge in [-0.25, -0.2) is 0 Å². The van der Waals surface area contributed by atoms with Crippen LogP contribution in [0.25, 0.3) is 0 Å². The Kier molecular flexibility index (Phi) is 4.13. The molecule has 4 aliphatic carbocycles. The second kappa shape index (κ2) is 6.16. The highest BCUT2D eigenvalue weighted by Crippen LogP contribution is 2.64. The number of amides is 1. The van der Waals surface area contributed by atoms with Gasteiger partial charge in [-0.2, -0.15) is 0 Å². The van der Waals surface area contributed by atoms with Crippen LogP contribution in [-0.2, 0) is 10.2 Å². The molecule has 1 amide bonds. The number of hydrogen-bond acceptors (Lipinski definition) is 3. The van der Waals surface area contributed by atoms with E-state index in [0.29, 0.717) is 36.6 Å². The fraction of sp³-hybridized carbons (Fsp3) is 0.650. The molecular weight excluding hydrogens is 302 g/mol. The van der Waals surface area contributed by atoms with Crippen molar-refractivity contribution in [3.8, 4) is 0 Å². The lowest BCUT2D eigenvalue weighted by atomic mass is 9.42. The van der Waals surface area contributed by atoms with Gasteiger partial charge in [-0.1, -0.05) is 30.3 Å². The number of rotatable bonds is 5. The van der Waals surface area contributed by atoms with Gasteiger partial charge in [0.25, 0.3) is 0 Å². The van der Waals surface area contributed by atoms with Crippen molar-refractivity contribution >= 4 is 5.91 Å². The van der Waals surface area contributed by atoms with Crippen molar-refractivity contribution in [2.24, 2.45) is 23.7 Å². The molecule has 0 unspecified atom stereocenters. The number of benzene rings is 1. The van der Waals surface area contributed by atoms with Crippen LogP contribution in [0.4, 0.5) is 0 Å². The van der Waals surface area contributed by atoms with Gasteiger partial charge >= 0.3 is 0 Å². The second-order valence-corrected chi connectivity index (χ2v) is 8.00. The predicted octanol–water partition coefficient (Wildman–Crippen LogP) is 1.85. The molecule has 0 aromatic heterocycles. The van der Waals surface area contributed by atoms with E-state index in [4.69, 9.17) is 5.11 Å². The van der Waals surface area contributed by atoms with E-state index in [2.05, 4.69) is 29.6 Å². The topological polar surface area (TPSA) is 69.6 Å².